The zero-order valence-corrected chi connectivity index (χ0v) is 11.9. The average molecular weight is 266 g/mol. The minimum absolute atomic E-state index is 0.357. The van der Waals surface area contributed by atoms with E-state index < -0.39 is 0 Å². The van der Waals surface area contributed by atoms with Gasteiger partial charge in [0, 0.05) is 19.8 Å². The van der Waals surface area contributed by atoms with Gasteiger partial charge in [0.25, 0.3) is 0 Å². The van der Waals surface area contributed by atoms with E-state index in [-0.39, 0.29) is 5.97 Å². The molecule has 0 aromatic carbocycles. The molecule has 0 amide bonds. The summed E-state index contributed by atoms with van der Waals surface area (Å²) < 4.78 is 10.1. The molecule has 5 nitrogen and oxygen atoms in total. The molecule has 0 aliphatic carbocycles. The minimum Gasteiger partial charge on any atom is -0.465 e. The van der Waals surface area contributed by atoms with Gasteiger partial charge >= 0.3 is 5.97 Å². The summed E-state index contributed by atoms with van der Waals surface area (Å²) in [7, 11) is 1.37. The maximum Gasteiger partial charge on any atom is 0.339 e. The third-order valence-electron chi connectivity index (χ3n) is 2.61. The van der Waals surface area contributed by atoms with Gasteiger partial charge in [0.15, 0.2) is 0 Å². The van der Waals surface area contributed by atoms with Gasteiger partial charge in [0.05, 0.1) is 18.4 Å². The lowest BCUT2D eigenvalue weighted by molar-refractivity contribution is 0.0599. The van der Waals surface area contributed by atoms with Gasteiger partial charge in [-0.25, -0.2) is 9.78 Å². The Morgan fingerprint density at radius 1 is 1.37 bits per heavy atom. The molecule has 1 heterocycles. The normalized spacial score (nSPS) is 10.3. The van der Waals surface area contributed by atoms with Crippen LogP contribution in [0.5, 0.6) is 0 Å². The highest BCUT2D eigenvalue weighted by atomic mass is 16.5. The summed E-state index contributed by atoms with van der Waals surface area (Å²) in [4.78, 5) is 15.7. The Bertz CT molecular complexity index is 408. The first kappa shape index (κ1) is 15.4. The van der Waals surface area contributed by atoms with Crippen LogP contribution in [0.25, 0.3) is 0 Å². The topological polar surface area (TPSA) is 60.5 Å². The molecule has 1 N–H and O–H groups in total. The van der Waals surface area contributed by atoms with Crippen molar-refractivity contribution in [2.75, 3.05) is 32.2 Å². The van der Waals surface area contributed by atoms with Gasteiger partial charge in [0.2, 0.25) is 0 Å². The highest BCUT2D eigenvalue weighted by Crippen LogP contribution is 2.11. The number of carbonyl (C=O) groups excluding carboxylic acids is 1. The molecular weight excluding hydrogens is 244 g/mol. The molecule has 5 heteroatoms. The number of anilines is 1. The van der Waals surface area contributed by atoms with Crippen LogP contribution in [0.1, 0.15) is 35.8 Å². The molecule has 0 spiro atoms. The Morgan fingerprint density at radius 3 is 2.79 bits per heavy atom. The molecule has 1 aromatic heterocycles. The van der Waals surface area contributed by atoms with Gasteiger partial charge < -0.3 is 14.8 Å². The van der Waals surface area contributed by atoms with Crippen molar-refractivity contribution in [3.05, 3.63) is 23.4 Å². The number of hydrogen-bond donors (Lipinski definition) is 1. The van der Waals surface area contributed by atoms with Crippen molar-refractivity contribution in [2.24, 2.45) is 0 Å². The molecule has 19 heavy (non-hydrogen) atoms. The van der Waals surface area contributed by atoms with Crippen LogP contribution in [0, 0.1) is 6.92 Å². The van der Waals surface area contributed by atoms with E-state index in [1.54, 1.807) is 19.1 Å². The summed E-state index contributed by atoms with van der Waals surface area (Å²) in [6.45, 7) is 6.24. The molecule has 0 fully saturated rings. The largest absolute Gasteiger partial charge is 0.465 e. The number of nitrogens with zero attached hydrogens (tertiary/aromatic N) is 1. The Morgan fingerprint density at radius 2 is 2.16 bits per heavy atom. The van der Waals surface area contributed by atoms with Crippen molar-refractivity contribution >= 4 is 11.8 Å². The molecular formula is C14H22N2O3. The van der Waals surface area contributed by atoms with Crippen LogP contribution in [-0.2, 0) is 9.47 Å². The summed E-state index contributed by atoms with van der Waals surface area (Å²) in [5.41, 5.74) is 1.17. The average Bonchev–Trinajstić information content (AvgIpc) is 2.42. The van der Waals surface area contributed by atoms with Gasteiger partial charge in [-0.1, -0.05) is 6.92 Å². The number of aryl methyl sites for hydroxylation is 1. The Labute approximate surface area is 114 Å². The molecule has 0 saturated heterocycles. The number of methoxy groups -OCH3 is 1. The lowest BCUT2D eigenvalue weighted by Crippen LogP contribution is -2.10. The second-order valence-electron chi connectivity index (χ2n) is 4.21. The van der Waals surface area contributed by atoms with E-state index in [4.69, 9.17) is 4.74 Å². The van der Waals surface area contributed by atoms with E-state index in [0.717, 1.165) is 38.4 Å². The zero-order valence-electron chi connectivity index (χ0n) is 11.9. The third kappa shape index (κ3) is 5.26. The molecule has 0 radical (unpaired) electrons. The number of rotatable bonds is 8. The second kappa shape index (κ2) is 8.48. The molecule has 0 atom stereocenters. The number of esters is 1. The van der Waals surface area contributed by atoms with Gasteiger partial charge in [-0.05, 0) is 31.9 Å². The van der Waals surface area contributed by atoms with Crippen LogP contribution < -0.4 is 5.32 Å². The lowest BCUT2D eigenvalue weighted by atomic mass is 10.2. The first-order valence-corrected chi connectivity index (χ1v) is 6.56. The van der Waals surface area contributed by atoms with Crippen LogP contribution in [0.15, 0.2) is 12.1 Å². The SMILES string of the molecule is CCCOCCCNc1ccc(C(=O)OC)c(C)n1. The van der Waals surface area contributed by atoms with Crippen molar-refractivity contribution in [2.45, 2.75) is 26.7 Å². The first-order valence-electron chi connectivity index (χ1n) is 6.56. The minimum atomic E-state index is -0.357. The fourth-order valence-electron chi connectivity index (χ4n) is 1.62. The van der Waals surface area contributed by atoms with E-state index in [1.165, 1.54) is 7.11 Å². The van der Waals surface area contributed by atoms with Crippen LogP contribution in [0.2, 0.25) is 0 Å². The molecule has 1 aromatic rings. The molecule has 0 unspecified atom stereocenters. The van der Waals surface area contributed by atoms with E-state index in [2.05, 4.69) is 22.0 Å². The van der Waals surface area contributed by atoms with Crippen molar-refractivity contribution < 1.29 is 14.3 Å². The predicted molar refractivity (Wildman–Crippen MR) is 74.5 cm³/mol. The second-order valence-corrected chi connectivity index (χ2v) is 4.21. The highest BCUT2D eigenvalue weighted by Gasteiger charge is 2.10. The number of ether oxygens (including phenoxy) is 2. The Hall–Kier alpha value is -1.62. The van der Waals surface area contributed by atoms with Crippen LogP contribution in [-0.4, -0.2) is 37.8 Å². The number of nitrogens with one attached hydrogen (secondary N) is 1. The number of pyridine rings is 1. The lowest BCUT2D eigenvalue weighted by Gasteiger charge is -2.08. The zero-order chi connectivity index (χ0) is 14.1. The molecule has 0 aliphatic rings. The van der Waals surface area contributed by atoms with Gasteiger partial charge in [0.1, 0.15) is 5.82 Å². The monoisotopic (exact) mass is 266 g/mol. The number of aromatic nitrogens is 1. The van der Waals surface area contributed by atoms with Gasteiger partial charge in [-0.3, -0.25) is 0 Å². The van der Waals surface area contributed by atoms with Crippen molar-refractivity contribution in [3.63, 3.8) is 0 Å². The summed E-state index contributed by atoms with van der Waals surface area (Å²) in [5.74, 6) is 0.408. The Kier molecular flexibility index (Phi) is 6.89. The number of hydrogen-bond acceptors (Lipinski definition) is 5. The maximum atomic E-state index is 11.4. The summed E-state index contributed by atoms with van der Waals surface area (Å²) in [5, 5.41) is 3.20. The molecule has 0 aliphatic heterocycles. The molecule has 106 valence electrons. The van der Waals surface area contributed by atoms with Gasteiger partial charge in [-0.15, -0.1) is 0 Å². The van der Waals surface area contributed by atoms with Crippen molar-refractivity contribution in [1.82, 2.24) is 4.98 Å². The van der Waals surface area contributed by atoms with Crippen LogP contribution >= 0.6 is 0 Å². The smallest absolute Gasteiger partial charge is 0.339 e. The predicted octanol–water partition coefficient (Wildman–Crippen LogP) is 2.41. The van der Waals surface area contributed by atoms with Gasteiger partial charge in [-0.2, -0.15) is 0 Å². The summed E-state index contributed by atoms with van der Waals surface area (Å²) in [6, 6.07) is 3.51. The Balaban J connectivity index is 2.39. The van der Waals surface area contributed by atoms with Crippen molar-refractivity contribution in [3.8, 4) is 0 Å². The fraction of sp³-hybridized carbons (Fsp3) is 0.571. The molecule has 0 bridgehead atoms. The first-order chi connectivity index (χ1) is 9.19. The third-order valence-corrected chi connectivity index (χ3v) is 2.61. The van der Waals surface area contributed by atoms with E-state index in [0.29, 0.717) is 11.3 Å². The molecule has 0 saturated carbocycles. The highest BCUT2D eigenvalue weighted by molar-refractivity contribution is 5.90. The summed E-state index contributed by atoms with van der Waals surface area (Å²) >= 11 is 0. The van der Waals surface area contributed by atoms with E-state index >= 15 is 0 Å². The quantitative estimate of drug-likeness (QED) is 0.578. The van der Waals surface area contributed by atoms with E-state index in [9.17, 15) is 4.79 Å². The fourth-order valence-corrected chi connectivity index (χ4v) is 1.62. The van der Waals surface area contributed by atoms with Crippen LogP contribution in [0.4, 0.5) is 5.82 Å². The van der Waals surface area contributed by atoms with Crippen molar-refractivity contribution in [1.29, 1.82) is 0 Å². The summed E-state index contributed by atoms with van der Waals surface area (Å²) in [6.07, 6.45) is 1.97. The number of carbonyl (C=O) groups is 1. The maximum absolute atomic E-state index is 11.4. The van der Waals surface area contributed by atoms with Crippen LogP contribution in [0.3, 0.4) is 0 Å². The molecule has 1 rings (SSSR count). The standard InChI is InChI=1S/C14H22N2O3/c1-4-9-19-10-5-8-15-13-7-6-12(11(2)16-13)14(17)18-3/h6-7H,4-5,8-10H2,1-3H3,(H,15,16). The van der Waals surface area contributed by atoms with E-state index in [1.807, 2.05) is 0 Å².